The lowest BCUT2D eigenvalue weighted by Crippen LogP contribution is -2.06. The van der Waals surface area contributed by atoms with Crippen molar-refractivity contribution in [3.63, 3.8) is 0 Å². The third-order valence-corrected chi connectivity index (χ3v) is 4.15. The standard InChI is InChI=1S/C15H12Br2O3/c1-19-9-7-12(17)14(13(8-9)20-2)15(18)10-5-3-4-6-11(10)16/h3-8H,1-2H3. The molecular weight excluding hydrogens is 388 g/mol. The van der Waals surface area contributed by atoms with Gasteiger partial charge in [-0.25, -0.2) is 0 Å². The van der Waals surface area contributed by atoms with Gasteiger partial charge in [-0.15, -0.1) is 0 Å². The number of ketones is 1. The van der Waals surface area contributed by atoms with Crippen LogP contribution in [0, 0.1) is 0 Å². The Morgan fingerprint density at radius 2 is 1.70 bits per heavy atom. The van der Waals surface area contributed by atoms with E-state index in [1.165, 1.54) is 7.11 Å². The number of ether oxygens (including phenoxy) is 2. The Hall–Kier alpha value is -1.33. The number of halogens is 2. The number of carbonyl (C=O) groups is 1. The van der Waals surface area contributed by atoms with Gasteiger partial charge in [0.1, 0.15) is 11.5 Å². The molecular formula is C15H12Br2O3. The molecule has 0 heterocycles. The van der Waals surface area contributed by atoms with E-state index >= 15 is 0 Å². The Labute approximate surface area is 134 Å². The highest BCUT2D eigenvalue weighted by atomic mass is 79.9. The average molecular weight is 400 g/mol. The second kappa shape index (κ2) is 6.41. The predicted octanol–water partition coefficient (Wildman–Crippen LogP) is 4.46. The Morgan fingerprint density at radius 3 is 2.30 bits per heavy atom. The molecule has 0 N–H and O–H groups in total. The molecule has 0 atom stereocenters. The molecule has 0 radical (unpaired) electrons. The molecule has 104 valence electrons. The number of carbonyl (C=O) groups excluding carboxylic acids is 1. The van der Waals surface area contributed by atoms with Crippen LogP contribution in [-0.2, 0) is 0 Å². The molecule has 0 amide bonds. The SMILES string of the molecule is COc1cc(Br)c(C(=O)c2ccccc2Br)c(OC)c1. The van der Waals surface area contributed by atoms with Gasteiger partial charge < -0.3 is 9.47 Å². The van der Waals surface area contributed by atoms with E-state index < -0.39 is 0 Å². The number of hydrogen-bond donors (Lipinski definition) is 0. The van der Waals surface area contributed by atoms with Gasteiger partial charge in [-0.3, -0.25) is 4.79 Å². The molecule has 5 heteroatoms. The quantitative estimate of drug-likeness (QED) is 0.712. The fourth-order valence-electron chi connectivity index (χ4n) is 1.84. The van der Waals surface area contributed by atoms with Crippen molar-refractivity contribution >= 4 is 37.6 Å². The van der Waals surface area contributed by atoms with E-state index in [0.29, 0.717) is 27.1 Å². The molecule has 0 fully saturated rings. The molecule has 0 spiro atoms. The van der Waals surface area contributed by atoms with Crippen molar-refractivity contribution in [1.29, 1.82) is 0 Å². The Kier molecular flexibility index (Phi) is 4.83. The number of methoxy groups -OCH3 is 2. The highest BCUT2D eigenvalue weighted by Crippen LogP contribution is 2.35. The number of hydrogen-bond acceptors (Lipinski definition) is 3. The van der Waals surface area contributed by atoms with E-state index in [2.05, 4.69) is 31.9 Å². The van der Waals surface area contributed by atoms with Gasteiger partial charge >= 0.3 is 0 Å². The zero-order chi connectivity index (χ0) is 14.7. The summed E-state index contributed by atoms with van der Waals surface area (Å²) in [4.78, 5) is 12.7. The molecule has 2 rings (SSSR count). The first-order valence-corrected chi connectivity index (χ1v) is 7.37. The van der Waals surface area contributed by atoms with Crippen molar-refractivity contribution in [1.82, 2.24) is 0 Å². The highest BCUT2D eigenvalue weighted by Gasteiger charge is 2.21. The van der Waals surface area contributed by atoms with Gasteiger partial charge in [-0.1, -0.05) is 28.1 Å². The second-order valence-electron chi connectivity index (χ2n) is 4.00. The lowest BCUT2D eigenvalue weighted by molar-refractivity contribution is 0.103. The summed E-state index contributed by atoms with van der Waals surface area (Å²) in [6, 6.07) is 10.7. The summed E-state index contributed by atoms with van der Waals surface area (Å²) in [7, 11) is 3.09. The zero-order valence-electron chi connectivity index (χ0n) is 10.9. The van der Waals surface area contributed by atoms with Crippen molar-refractivity contribution in [2.75, 3.05) is 14.2 Å². The first kappa shape index (κ1) is 15.1. The average Bonchev–Trinajstić information content (AvgIpc) is 2.46. The van der Waals surface area contributed by atoms with Crippen LogP contribution < -0.4 is 9.47 Å². The van der Waals surface area contributed by atoms with Crippen molar-refractivity contribution < 1.29 is 14.3 Å². The Morgan fingerprint density at radius 1 is 1.00 bits per heavy atom. The van der Waals surface area contributed by atoms with Crippen molar-refractivity contribution in [2.45, 2.75) is 0 Å². The van der Waals surface area contributed by atoms with Crippen molar-refractivity contribution in [2.24, 2.45) is 0 Å². The molecule has 0 saturated carbocycles. The van der Waals surface area contributed by atoms with Crippen molar-refractivity contribution in [3.05, 3.63) is 56.5 Å². The number of rotatable bonds is 4. The van der Waals surface area contributed by atoms with Crippen LogP contribution in [0.5, 0.6) is 11.5 Å². The Balaban J connectivity index is 2.58. The fourth-order valence-corrected chi connectivity index (χ4v) is 2.90. The third kappa shape index (κ3) is 2.88. The van der Waals surface area contributed by atoms with Crippen LogP contribution in [0.3, 0.4) is 0 Å². The minimum absolute atomic E-state index is 0.121. The van der Waals surface area contributed by atoms with Gasteiger partial charge in [0.05, 0.1) is 19.8 Å². The molecule has 0 aromatic heterocycles. The lowest BCUT2D eigenvalue weighted by atomic mass is 10.0. The summed E-state index contributed by atoms with van der Waals surface area (Å²) >= 11 is 6.80. The maximum atomic E-state index is 12.7. The van der Waals surface area contributed by atoms with E-state index in [1.54, 1.807) is 25.3 Å². The van der Waals surface area contributed by atoms with Crippen LogP contribution in [0.2, 0.25) is 0 Å². The maximum Gasteiger partial charge on any atom is 0.199 e. The molecule has 0 aliphatic carbocycles. The maximum absolute atomic E-state index is 12.7. The first-order valence-electron chi connectivity index (χ1n) is 5.79. The summed E-state index contributed by atoms with van der Waals surface area (Å²) in [6.45, 7) is 0. The Bertz CT molecular complexity index is 654. The van der Waals surface area contributed by atoms with E-state index in [9.17, 15) is 4.79 Å². The third-order valence-electron chi connectivity index (χ3n) is 2.83. The summed E-state index contributed by atoms with van der Waals surface area (Å²) in [5, 5.41) is 0. The largest absolute Gasteiger partial charge is 0.497 e. The minimum atomic E-state index is -0.121. The van der Waals surface area contributed by atoms with E-state index in [1.807, 2.05) is 18.2 Å². The zero-order valence-corrected chi connectivity index (χ0v) is 14.1. The second-order valence-corrected chi connectivity index (χ2v) is 5.70. The topological polar surface area (TPSA) is 35.5 Å². The van der Waals surface area contributed by atoms with E-state index in [4.69, 9.17) is 9.47 Å². The smallest absolute Gasteiger partial charge is 0.199 e. The first-order chi connectivity index (χ1) is 9.58. The monoisotopic (exact) mass is 398 g/mol. The van der Waals surface area contributed by atoms with Gasteiger partial charge in [0.25, 0.3) is 0 Å². The number of benzene rings is 2. The van der Waals surface area contributed by atoms with Gasteiger partial charge in [0.15, 0.2) is 5.78 Å². The summed E-state index contributed by atoms with van der Waals surface area (Å²) in [6.07, 6.45) is 0. The van der Waals surface area contributed by atoms with Crippen LogP contribution in [-0.4, -0.2) is 20.0 Å². The van der Waals surface area contributed by atoms with E-state index in [-0.39, 0.29) is 5.78 Å². The predicted molar refractivity (Wildman–Crippen MR) is 84.8 cm³/mol. The molecule has 0 saturated heterocycles. The van der Waals surface area contributed by atoms with Crippen LogP contribution in [0.15, 0.2) is 45.3 Å². The van der Waals surface area contributed by atoms with Crippen LogP contribution >= 0.6 is 31.9 Å². The minimum Gasteiger partial charge on any atom is -0.497 e. The molecule has 3 nitrogen and oxygen atoms in total. The van der Waals surface area contributed by atoms with E-state index in [0.717, 1.165) is 4.47 Å². The lowest BCUT2D eigenvalue weighted by Gasteiger charge is -2.12. The van der Waals surface area contributed by atoms with Gasteiger partial charge in [-0.2, -0.15) is 0 Å². The van der Waals surface area contributed by atoms with Gasteiger partial charge in [-0.05, 0) is 34.1 Å². The summed E-state index contributed by atoms with van der Waals surface area (Å²) in [5.41, 5.74) is 1.05. The molecule has 20 heavy (non-hydrogen) atoms. The molecule has 2 aromatic rings. The normalized spacial score (nSPS) is 10.2. The summed E-state index contributed by atoms with van der Waals surface area (Å²) in [5.74, 6) is 0.971. The van der Waals surface area contributed by atoms with Crippen LogP contribution in [0.1, 0.15) is 15.9 Å². The molecule has 0 bridgehead atoms. The summed E-state index contributed by atoms with van der Waals surface area (Å²) < 4.78 is 11.9. The van der Waals surface area contributed by atoms with Gasteiger partial charge in [0, 0.05) is 20.6 Å². The fraction of sp³-hybridized carbons (Fsp3) is 0.133. The molecule has 0 aliphatic heterocycles. The van der Waals surface area contributed by atoms with Gasteiger partial charge in [0.2, 0.25) is 0 Å². The van der Waals surface area contributed by atoms with Crippen LogP contribution in [0.25, 0.3) is 0 Å². The molecule has 2 aromatic carbocycles. The highest BCUT2D eigenvalue weighted by molar-refractivity contribution is 9.11. The van der Waals surface area contributed by atoms with Crippen LogP contribution in [0.4, 0.5) is 0 Å². The van der Waals surface area contributed by atoms with Crippen molar-refractivity contribution in [3.8, 4) is 11.5 Å². The molecule has 0 unspecified atom stereocenters. The molecule has 0 aliphatic rings.